The first-order chi connectivity index (χ1) is 19.0. The van der Waals surface area contributed by atoms with Gasteiger partial charge < -0.3 is 15.7 Å². The van der Waals surface area contributed by atoms with Crippen molar-refractivity contribution in [2.45, 2.75) is 56.1 Å². The standard InChI is InChI=1S/C28H34F2N6O3S/c1-19-16-22(7-10-24(19)29)32-26-25(30)17-31-27(34-26)33-21-5-8-23(9-6-21)40(38,39)36-14-11-28(37,12-15-36)18-35-13-3-4-20(35)2/h5-10,16-17,20,37H,3-4,11-15,18H2,1-2H3,(H2,31,32,33,34). The number of halogens is 2. The highest BCUT2D eigenvalue weighted by molar-refractivity contribution is 7.89. The lowest BCUT2D eigenvalue weighted by Gasteiger charge is -2.40. The number of β-amino-alcohol motifs (C(OH)–C–C–N with tert-alkyl or cyclic N) is 1. The molecule has 12 heteroatoms. The van der Waals surface area contributed by atoms with Crippen LogP contribution >= 0.6 is 0 Å². The lowest BCUT2D eigenvalue weighted by Crippen LogP contribution is -2.52. The summed E-state index contributed by atoms with van der Waals surface area (Å²) in [6.07, 6.45) is 4.05. The molecule has 1 unspecified atom stereocenters. The molecule has 1 atom stereocenters. The van der Waals surface area contributed by atoms with Crippen LogP contribution in [-0.4, -0.2) is 70.5 Å². The number of likely N-dealkylation sites (tertiary alicyclic amines) is 1. The van der Waals surface area contributed by atoms with Crippen molar-refractivity contribution in [3.05, 3.63) is 65.9 Å². The molecule has 3 N–H and O–H groups in total. The fourth-order valence-corrected chi connectivity index (χ4v) is 6.71. The normalized spacial score (nSPS) is 20.0. The second-order valence-corrected chi connectivity index (χ2v) is 12.7. The summed E-state index contributed by atoms with van der Waals surface area (Å²) in [5.74, 6) is -1.04. The maximum atomic E-state index is 14.3. The lowest BCUT2D eigenvalue weighted by molar-refractivity contribution is -0.0342. The molecule has 5 rings (SSSR count). The second kappa shape index (κ2) is 11.4. The van der Waals surface area contributed by atoms with E-state index in [-0.39, 0.29) is 35.6 Å². The average molecular weight is 573 g/mol. The van der Waals surface area contributed by atoms with Gasteiger partial charge in [0, 0.05) is 37.1 Å². The smallest absolute Gasteiger partial charge is 0.243 e. The summed E-state index contributed by atoms with van der Waals surface area (Å²) in [5.41, 5.74) is 0.516. The zero-order chi connectivity index (χ0) is 28.5. The number of benzene rings is 2. The molecule has 0 saturated carbocycles. The Hall–Kier alpha value is -3.19. The van der Waals surface area contributed by atoms with Gasteiger partial charge in [0.1, 0.15) is 5.82 Å². The van der Waals surface area contributed by atoms with Gasteiger partial charge in [0.05, 0.1) is 16.7 Å². The Morgan fingerprint density at radius 2 is 1.73 bits per heavy atom. The summed E-state index contributed by atoms with van der Waals surface area (Å²) < 4.78 is 55.9. The third-order valence-corrected chi connectivity index (χ3v) is 9.67. The van der Waals surface area contributed by atoms with Crippen LogP contribution in [0.1, 0.15) is 38.2 Å². The summed E-state index contributed by atoms with van der Waals surface area (Å²) in [7, 11) is -3.73. The quantitative estimate of drug-likeness (QED) is 0.361. The predicted octanol–water partition coefficient (Wildman–Crippen LogP) is 4.55. The highest BCUT2D eigenvalue weighted by atomic mass is 32.2. The Balaban J connectivity index is 1.22. The van der Waals surface area contributed by atoms with Crippen LogP contribution in [0, 0.1) is 18.6 Å². The minimum atomic E-state index is -3.73. The first kappa shape index (κ1) is 28.3. The van der Waals surface area contributed by atoms with E-state index in [0.717, 1.165) is 25.6 Å². The molecule has 3 aromatic rings. The Morgan fingerprint density at radius 3 is 2.38 bits per heavy atom. The van der Waals surface area contributed by atoms with E-state index in [4.69, 9.17) is 0 Å². The molecule has 214 valence electrons. The topological polar surface area (TPSA) is 111 Å². The van der Waals surface area contributed by atoms with Crippen molar-refractivity contribution < 1.29 is 22.3 Å². The molecule has 2 saturated heterocycles. The van der Waals surface area contributed by atoms with Crippen molar-refractivity contribution in [2.24, 2.45) is 0 Å². The summed E-state index contributed by atoms with van der Waals surface area (Å²) in [4.78, 5) is 10.6. The van der Waals surface area contributed by atoms with Crippen molar-refractivity contribution >= 4 is 33.2 Å². The zero-order valence-electron chi connectivity index (χ0n) is 22.6. The largest absolute Gasteiger partial charge is 0.388 e. The van der Waals surface area contributed by atoms with E-state index in [2.05, 4.69) is 32.4 Å². The van der Waals surface area contributed by atoms with E-state index in [1.807, 2.05) is 0 Å². The van der Waals surface area contributed by atoms with Gasteiger partial charge in [-0.3, -0.25) is 4.90 Å². The number of rotatable bonds is 8. The Kier molecular flexibility index (Phi) is 8.05. The molecule has 9 nitrogen and oxygen atoms in total. The van der Waals surface area contributed by atoms with Crippen LogP contribution in [0.15, 0.2) is 53.6 Å². The molecule has 0 amide bonds. The van der Waals surface area contributed by atoms with E-state index >= 15 is 0 Å². The van der Waals surface area contributed by atoms with Gasteiger partial charge in [-0.2, -0.15) is 9.29 Å². The number of piperidine rings is 1. The number of anilines is 4. The minimum absolute atomic E-state index is 0.0908. The zero-order valence-corrected chi connectivity index (χ0v) is 23.4. The highest BCUT2D eigenvalue weighted by Crippen LogP contribution is 2.30. The molecule has 40 heavy (non-hydrogen) atoms. The second-order valence-electron chi connectivity index (χ2n) is 10.7. The van der Waals surface area contributed by atoms with Crippen molar-refractivity contribution in [1.29, 1.82) is 0 Å². The Morgan fingerprint density at radius 1 is 1.02 bits per heavy atom. The number of hydrogen-bond acceptors (Lipinski definition) is 8. The summed E-state index contributed by atoms with van der Waals surface area (Å²) in [6, 6.07) is 10.9. The average Bonchev–Trinajstić information content (AvgIpc) is 3.32. The number of hydrogen-bond donors (Lipinski definition) is 3. The van der Waals surface area contributed by atoms with E-state index in [1.54, 1.807) is 25.1 Å². The summed E-state index contributed by atoms with van der Waals surface area (Å²) >= 11 is 0. The molecule has 0 spiro atoms. The monoisotopic (exact) mass is 572 g/mol. The van der Waals surface area contributed by atoms with Crippen molar-refractivity contribution in [1.82, 2.24) is 19.2 Å². The van der Waals surface area contributed by atoms with Gasteiger partial charge in [-0.1, -0.05) is 0 Å². The molecule has 0 radical (unpaired) electrons. The molecule has 1 aromatic heterocycles. The molecular weight excluding hydrogens is 538 g/mol. The number of aryl methyl sites for hydroxylation is 1. The van der Waals surface area contributed by atoms with Gasteiger partial charge in [0.2, 0.25) is 16.0 Å². The molecular formula is C28H34F2N6O3S. The van der Waals surface area contributed by atoms with Crippen LogP contribution in [0.5, 0.6) is 0 Å². The van der Waals surface area contributed by atoms with Crippen LogP contribution in [0.25, 0.3) is 0 Å². The molecule has 0 bridgehead atoms. The van der Waals surface area contributed by atoms with E-state index in [1.165, 1.54) is 28.6 Å². The predicted molar refractivity (Wildman–Crippen MR) is 149 cm³/mol. The fourth-order valence-electron chi connectivity index (χ4n) is 5.27. The molecule has 2 aromatic carbocycles. The van der Waals surface area contributed by atoms with E-state index < -0.39 is 21.4 Å². The molecule has 3 heterocycles. The number of aromatic nitrogens is 2. The third kappa shape index (κ3) is 6.25. The first-order valence-electron chi connectivity index (χ1n) is 13.4. The van der Waals surface area contributed by atoms with Gasteiger partial charge in [0.15, 0.2) is 11.6 Å². The number of nitrogens with one attached hydrogen (secondary N) is 2. The number of nitrogens with zero attached hydrogens (tertiary/aromatic N) is 4. The minimum Gasteiger partial charge on any atom is -0.388 e. The van der Waals surface area contributed by atoms with Crippen LogP contribution in [0.2, 0.25) is 0 Å². The first-order valence-corrected chi connectivity index (χ1v) is 14.9. The molecule has 2 aliphatic rings. The number of aliphatic hydroxyl groups is 1. The van der Waals surface area contributed by atoms with Crippen LogP contribution in [-0.2, 0) is 10.0 Å². The third-order valence-electron chi connectivity index (χ3n) is 7.75. The maximum Gasteiger partial charge on any atom is 0.243 e. The van der Waals surface area contributed by atoms with E-state index in [0.29, 0.717) is 42.4 Å². The van der Waals surface area contributed by atoms with Gasteiger partial charge in [-0.05, 0) is 94.1 Å². The molecule has 2 fully saturated rings. The summed E-state index contributed by atoms with van der Waals surface area (Å²) in [6.45, 7) is 5.84. The maximum absolute atomic E-state index is 14.3. The SMILES string of the molecule is Cc1cc(Nc2nc(Nc3ccc(S(=O)(=O)N4CCC(O)(CN5CCCC5C)CC4)cc3)ncc2F)ccc1F. The lowest BCUT2D eigenvalue weighted by atomic mass is 9.91. The van der Waals surface area contributed by atoms with Crippen LogP contribution in [0.4, 0.5) is 31.9 Å². The van der Waals surface area contributed by atoms with Crippen LogP contribution < -0.4 is 10.6 Å². The molecule has 0 aliphatic carbocycles. The van der Waals surface area contributed by atoms with Crippen LogP contribution in [0.3, 0.4) is 0 Å². The van der Waals surface area contributed by atoms with Crippen molar-refractivity contribution in [3.63, 3.8) is 0 Å². The van der Waals surface area contributed by atoms with Gasteiger partial charge in [0.25, 0.3) is 0 Å². The Bertz CT molecular complexity index is 1460. The van der Waals surface area contributed by atoms with E-state index in [9.17, 15) is 22.3 Å². The molecule has 2 aliphatic heterocycles. The number of sulfonamides is 1. The van der Waals surface area contributed by atoms with Crippen molar-refractivity contribution in [3.8, 4) is 0 Å². The highest BCUT2D eigenvalue weighted by Gasteiger charge is 2.39. The fraction of sp³-hybridized carbons (Fsp3) is 0.429. The van der Waals surface area contributed by atoms with Gasteiger partial charge in [-0.15, -0.1) is 0 Å². The summed E-state index contributed by atoms with van der Waals surface area (Å²) in [5, 5.41) is 16.9. The van der Waals surface area contributed by atoms with Gasteiger partial charge in [-0.25, -0.2) is 22.2 Å². The van der Waals surface area contributed by atoms with Gasteiger partial charge >= 0.3 is 0 Å². The van der Waals surface area contributed by atoms with Crippen molar-refractivity contribution in [2.75, 3.05) is 36.8 Å². The Labute approximate surface area is 233 Å².